The Labute approximate surface area is 124 Å². The van der Waals surface area contributed by atoms with E-state index in [1.165, 1.54) is 12.1 Å². The summed E-state index contributed by atoms with van der Waals surface area (Å²) in [7, 11) is 0. The highest BCUT2D eigenvalue weighted by Crippen LogP contribution is 2.28. The molecule has 108 valence electrons. The van der Waals surface area contributed by atoms with E-state index in [0.29, 0.717) is 0 Å². The fourth-order valence-corrected chi connectivity index (χ4v) is 3.17. The molecule has 1 aromatic heterocycles. The Morgan fingerprint density at radius 2 is 2.00 bits per heavy atom. The van der Waals surface area contributed by atoms with Crippen LogP contribution in [0.5, 0.6) is 0 Å². The van der Waals surface area contributed by atoms with Crippen molar-refractivity contribution in [3.8, 4) is 0 Å². The van der Waals surface area contributed by atoms with Crippen LogP contribution in [0.3, 0.4) is 0 Å². The lowest BCUT2D eigenvalue weighted by molar-refractivity contribution is 0.362. The van der Waals surface area contributed by atoms with E-state index >= 15 is 0 Å². The molecule has 0 fully saturated rings. The van der Waals surface area contributed by atoms with Gasteiger partial charge in [0, 0.05) is 11.1 Å². The van der Waals surface area contributed by atoms with Crippen molar-refractivity contribution < 1.29 is 4.39 Å². The fourth-order valence-electron chi connectivity index (χ4n) is 2.23. The van der Waals surface area contributed by atoms with E-state index in [9.17, 15) is 4.39 Å². The number of aryl methyl sites for hydroxylation is 1. The van der Waals surface area contributed by atoms with Crippen molar-refractivity contribution in [3.05, 3.63) is 51.7 Å². The van der Waals surface area contributed by atoms with Crippen LogP contribution in [-0.4, -0.2) is 11.5 Å². The smallest absolute Gasteiger partial charge is 0.123 e. The van der Waals surface area contributed by atoms with Gasteiger partial charge in [-0.25, -0.2) is 9.37 Å². The van der Waals surface area contributed by atoms with Gasteiger partial charge in [0.05, 0.1) is 5.54 Å². The number of aromatic nitrogens is 1. The van der Waals surface area contributed by atoms with Gasteiger partial charge in [-0.05, 0) is 50.9 Å². The number of hydrogen-bond acceptors (Lipinski definition) is 3. The molecular formula is C16H21FN2S. The monoisotopic (exact) mass is 292 g/mol. The van der Waals surface area contributed by atoms with Crippen LogP contribution in [0.1, 0.15) is 36.5 Å². The zero-order valence-electron chi connectivity index (χ0n) is 12.2. The third kappa shape index (κ3) is 3.64. The molecule has 0 aliphatic carbocycles. The van der Waals surface area contributed by atoms with E-state index in [0.717, 1.165) is 35.7 Å². The van der Waals surface area contributed by atoms with Gasteiger partial charge in [-0.2, -0.15) is 0 Å². The number of thiazole rings is 1. The molecule has 0 aliphatic heterocycles. The summed E-state index contributed by atoms with van der Waals surface area (Å²) in [5.74, 6) is -0.193. The van der Waals surface area contributed by atoms with E-state index in [2.05, 4.69) is 29.5 Å². The summed E-state index contributed by atoms with van der Waals surface area (Å²) in [6, 6.07) is 6.73. The Kier molecular flexibility index (Phi) is 4.89. The maximum absolute atomic E-state index is 13.0. The lowest BCUT2D eigenvalue weighted by Gasteiger charge is -2.29. The Morgan fingerprint density at radius 3 is 2.55 bits per heavy atom. The molecule has 0 aliphatic rings. The minimum Gasteiger partial charge on any atom is -0.305 e. The first-order chi connectivity index (χ1) is 9.53. The second kappa shape index (κ2) is 6.46. The number of nitrogens with zero attached hydrogens (tertiary/aromatic N) is 1. The highest BCUT2D eigenvalue weighted by atomic mass is 32.1. The van der Waals surface area contributed by atoms with Gasteiger partial charge >= 0.3 is 0 Å². The van der Waals surface area contributed by atoms with E-state index in [1.54, 1.807) is 11.3 Å². The number of halogens is 1. The van der Waals surface area contributed by atoms with Crippen molar-refractivity contribution in [3.63, 3.8) is 0 Å². The molecule has 2 nitrogen and oxygen atoms in total. The highest BCUT2D eigenvalue weighted by molar-refractivity contribution is 7.09. The molecule has 1 heterocycles. The zero-order chi connectivity index (χ0) is 14.6. The van der Waals surface area contributed by atoms with Crippen LogP contribution >= 0.6 is 11.3 Å². The third-order valence-corrected chi connectivity index (χ3v) is 4.55. The van der Waals surface area contributed by atoms with E-state index in [1.807, 2.05) is 19.1 Å². The summed E-state index contributed by atoms with van der Waals surface area (Å²) in [6.07, 6.45) is 1.88. The molecule has 0 bridgehead atoms. The molecule has 1 N–H and O–H groups in total. The van der Waals surface area contributed by atoms with Crippen LogP contribution in [0.15, 0.2) is 29.6 Å². The topological polar surface area (TPSA) is 24.9 Å². The molecule has 1 atom stereocenters. The van der Waals surface area contributed by atoms with Crippen molar-refractivity contribution in [1.82, 2.24) is 10.3 Å². The molecule has 1 unspecified atom stereocenters. The van der Waals surface area contributed by atoms with Crippen LogP contribution < -0.4 is 5.32 Å². The Bertz CT molecular complexity index is 550. The second-order valence-electron chi connectivity index (χ2n) is 5.36. The SMILES string of the molecule is CCCNC(C)(Cc1ccc(F)cc1)c1nc(C)cs1. The van der Waals surface area contributed by atoms with E-state index in [4.69, 9.17) is 0 Å². The fraction of sp³-hybridized carbons (Fsp3) is 0.438. The summed E-state index contributed by atoms with van der Waals surface area (Å²) in [4.78, 5) is 4.63. The first kappa shape index (κ1) is 15.1. The normalized spacial score (nSPS) is 14.2. The minimum absolute atomic E-state index is 0.193. The van der Waals surface area contributed by atoms with Gasteiger partial charge in [-0.15, -0.1) is 11.3 Å². The second-order valence-corrected chi connectivity index (χ2v) is 6.21. The Morgan fingerprint density at radius 1 is 1.30 bits per heavy atom. The van der Waals surface area contributed by atoms with Crippen molar-refractivity contribution in [2.75, 3.05) is 6.54 Å². The highest BCUT2D eigenvalue weighted by Gasteiger charge is 2.29. The number of benzene rings is 1. The molecule has 0 saturated heterocycles. The van der Waals surface area contributed by atoms with Gasteiger partial charge in [0.2, 0.25) is 0 Å². The zero-order valence-corrected chi connectivity index (χ0v) is 13.1. The first-order valence-electron chi connectivity index (χ1n) is 6.95. The Balaban J connectivity index is 2.24. The quantitative estimate of drug-likeness (QED) is 0.869. The lowest BCUT2D eigenvalue weighted by Crippen LogP contribution is -2.42. The molecular weight excluding hydrogens is 271 g/mol. The third-order valence-electron chi connectivity index (χ3n) is 3.33. The van der Waals surface area contributed by atoms with Gasteiger partial charge in [-0.3, -0.25) is 0 Å². The van der Waals surface area contributed by atoms with Crippen molar-refractivity contribution in [1.29, 1.82) is 0 Å². The molecule has 0 spiro atoms. The lowest BCUT2D eigenvalue weighted by atomic mass is 9.93. The predicted octanol–water partition coefficient (Wildman–Crippen LogP) is 4.05. The van der Waals surface area contributed by atoms with Crippen molar-refractivity contribution in [2.24, 2.45) is 0 Å². The summed E-state index contributed by atoms with van der Waals surface area (Å²) in [6.45, 7) is 7.27. The molecule has 2 aromatic rings. The van der Waals surface area contributed by atoms with E-state index in [-0.39, 0.29) is 11.4 Å². The molecule has 2 rings (SSSR count). The largest absolute Gasteiger partial charge is 0.305 e. The average Bonchev–Trinajstić information content (AvgIpc) is 2.87. The molecule has 0 amide bonds. The van der Waals surface area contributed by atoms with Gasteiger partial charge in [-0.1, -0.05) is 19.1 Å². The standard InChI is InChI=1S/C16H21FN2S/c1-4-9-18-16(3,15-19-12(2)11-20-15)10-13-5-7-14(17)8-6-13/h5-8,11,18H,4,9-10H2,1-3H3. The maximum atomic E-state index is 13.0. The van der Waals surface area contributed by atoms with Crippen LogP contribution in [0, 0.1) is 12.7 Å². The number of nitrogens with one attached hydrogen (secondary N) is 1. The van der Waals surface area contributed by atoms with Crippen molar-refractivity contribution >= 4 is 11.3 Å². The maximum Gasteiger partial charge on any atom is 0.123 e. The van der Waals surface area contributed by atoms with E-state index < -0.39 is 0 Å². The van der Waals surface area contributed by atoms with Gasteiger partial charge in [0.15, 0.2) is 0 Å². The van der Waals surface area contributed by atoms with Gasteiger partial charge in [0.1, 0.15) is 10.8 Å². The summed E-state index contributed by atoms with van der Waals surface area (Å²) >= 11 is 1.68. The summed E-state index contributed by atoms with van der Waals surface area (Å²) < 4.78 is 13.0. The van der Waals surface area contributed by atoms with Gasteiger partial charge < -0.3 is 5.32 Å². The number of rotatable bonds is 6. The average molecular weight is 292 g/mol. The molecule has 0 saturated carbocycles. The molecule has 20 heavy (non-hydrogen) atoms. The number of hydrogen-bond donors (Lipinski definition) is 1. The molecule has 4 heteroatoms. The van der Waals surface area contributed by atoms with Crippen LogP contribution in [0.4, 0.5) is 4.39 Å². The molecule has 1 aromatic carbocycles. The first-order valence-corrected chi connectivity index (χ1v) is 7.83. The van der Waals surface area contributed by atoms with Crippen molar-refractivity contribution in [2.45, 2.75) is 39.2 Å². The summed E-state index contributed by atoms with van der Waals surface area (Å²) in [5, 5.41) is 6.76. The van der Waals surface area contributed by atoms with Gasteiger partial charge in [0.25, 0.3) is 0 Å². The minimum atomic E-state index is -0.202. The summed E-state index contributed by atoms with van der Waals surface area (Å²) in [5.41, 5.74) is 1.96. The molecule has 0 radical (unpaired) electrons. The predicted molar refractivity (Wildman–Crippen MR) is 82.6 cm³/mol. The van der Waals surface area contributed by atoms with Crippen LogP contribution in [-0.2, 0) is 12.0 Å². The van der Waals surface area contributed by atoms with Crippen LogP contribution in [0.2, 0.25) is 0 Å². The Hall–Kier alpha value is -1.26. The van der Waals surface area contributed by atoms with Crippen LogP contribution in [0.25, 0.3) is 0 Å².